The Labute approximate surface area is 117 Å². The van der Waals surface area contributed by atoms with Crippen LogP contribution in [0.3, 0.4) is 0 Å². The van der Waals surface area contributed by atoms with Crippen molar-refractivity contribution < 1.29 is 8.78 Å². The Kier molecular flexibility index (Phi) is 2.44. The van der Waals surface area contributed by atoms with Crippen LogP contribution in [0.1, 0.15) is 0 Å². The molecule has 0 bridgehead atoms. The number of nitrogens with one attached hydrogen (secondary N) is 1. The fourth-order valence-corrected chi connectivity index (χ4v) is 2.37. The van der Waals surface area contributed by atoms with Crippen molar-refractivity contribution in [3.8, 4) is 11.3 Å². The summed E-state index contributed by atoms with van der Waals surface area (Å²) in [5, 5.41) is 1.82. The van der Waals surface area contributed by atoms with Crippen molar-refractivity contribution in [1.82, 2.24) is 19.9 Å². The Morgan fingerprint density at radius 1 is 1.00 bits per heavy atom. The average Bonchev–Trinajstić information content (AvgIpc) is 2.87. The summed E-state index contributed by atoms with van der Waals surface area (Å²) in [5.74, 6) is -1.35. The number of nitrogens with zero attached hydrogens (tertiary/aromatic N) is 3. The van der Waals surface area contributed by atoms with Crippen LogP contribution < -0.4 is 0 Å². The van der Waals surface area contributed by atoms with Gasteiger partial charge in [-0.25, -0.2) is 14.4 Å². The van der Waals surface area contributed by atoms with E-state index in [4.69, 9.17) is 0 Å². The van der Waals surface area contributed by atoms with Crippen molar-refractivity contribution >= 4 is 21.9 Å². The van der Waals surface area contributed by atoms with Gasteiger partial charge in [0.2, 0.25) is 5.95 Å². The molecule has 6 heteroatoms. The van der Waals surface area contributed by atoms with Crippen molar-refractivity contribution in [1.29, 1.82) is 0 Å². The minimum absolute atomic E-state index is 0.0358. The number of rotatable bonds is 1. The standard InChI is InChI=1S/C15H8F2N4/c16-8-5-10(14(17)19-6-8)12-2-1-9-11-7-18-4-3-13(11)21-15(9)20-12/h1-7H,(H,20,21)/i17-1. The van der Waals surface area contributed by atoms with E-state index in [1.807, 2.05) is 12.1 Å². The fraction of sp³-hybridized carbons (Fsp3) is 0. The summed E-state index contributed by atoms with van der Waals surface area (Å²) in [6.45, 7) is 0. The molecule has 4 rings (SSSR count). The minimum Gasteiger partial charge on any atom is -0.339 e. The van der Waals surface area contributed by atoms with Gasteiger partial charge in [-0.05, 0) is 24.3 Å². The first kappa shape index (κ1) is 11.9. The van der Waals surface area contributed by atoms with Gasteiger partial charge in [-0.15, -0.1) is 0 Å². The van der Waals surface area contributed by atoms with Gasteiger partial charge in [0.25, 0.3) is 0 Å². The smallest absolute Gasteiger partial charge is 0.222 e. The first-order valence-corrected chi connectivity index (χ1v) is 6.26. The molecule has 0 saturated heterocycles. The number of pyridine rings is 3. The zero-order chi connectivity index (χ0) is 14.4. The Balaban J connectivity index is 1.98. The molecule has 0 unspecified atom stereocenters. The lowest BCUT2D eigenvalue weighted by Crippen LogP contribution is -1.93. The third kappa shape index (κ3) is 1.84. The summed E-state index contributed by atoms with van der Waals surface area (Å²) in [6, 6.07) is 6.37. The highest BCUT2D eigenvalue weighted by atomic mass is 19.1. The van der Waals surface area contributed by atoms with Gasteiger partial charge in [-0.3, -0.25) is 4.98 Å². The largest absolute Gasteiger partial charge is 0.339 e. The second-order valence-electron chi connectivity index (χ2n) is 4.63. The summed E-state index contributed by atoms with van der Waals surface area (Å²) < 4.78 is 27.0. The van der Waals surface area contributed by atoms with Gasteiger partial charge < -0.3 is 4.98 Å². The van der Waals surface area contributed by atoms with Gasteiger partial charge in [-0.1, -0.05) is 0 Å². The van der Waals surface area contributed by atoms with E-state index < -0.39 is 11.8 Å². The molecule has 0 spiro atoms. The molecule has 4 aromatic rings. The van der Waals surface area contributed by atoms with Crippen molar-refractivity contribution in [2.45, 2.75) is 0 Å². The summed E-state index contributed by atoms with van der Waals surface area (Å²) in [6.07, 6.45) is 4.25. The molecule has 21 heavy (non-hydrogen) atoms. The lowest BCUT2D eigenvalue weighted by molar-refractivity contribution is 0.563. The molecule has 0 radical (unpaired) electrons. The third-order valence-corrected chi connectivity index (χ3v) is 3.34. The van der Waals surface area contributed by atoms with Crippen molar-refractivity contribution in [3.05, 3.63) is 54.6 Å². The van der Waals surface area contributed by atoms with E-state index in [-0.39, 0.29) is 5.56 Å². The fourth-order valence-electron chi connectivity index (χ4n) is 2.37. The molecule has 1 N–H and O–H groups in total. The molecule has 0 aliphatic carbocycles. The van der Waals surface area contributed by atoms with Gasteiger partial charge in [-0.2, -0.15) is 4.39 Å². The van der Waals surface area contributed by atoms with Crippen LogP contribution >= 0.6 is 0 Å². The summed E-state index contributed by atoms with van der Waals surface area (Å²) in [4.78, 5) is 14.9. The van der Waals surface area contributed by atoms with Crippen molar-refractivity contribution in [2.24, 2.45) is 0 Å². The predicted octanol–water partition coefficient (Wildman–Crippen LogP) is 3.45. The van der Waals surface area contributed by atoms with Crippen molar-refractivity contribution in [2.75, 3.05) is 0 Å². The maximum atomic E-state index is 13.7. The maximum Gasteiger partial charge on any atom is 0.222 e. The lowest BCUT2D eigenvalue weighted by atomic mass is 10.1. The third-order valence-electron chi connectivity index (χ3n) is 3.34. The van der Waals surface area contributed by atoms with Gasteiger partial charge >= 0.3 is 0 Å². The molecule has 102 valence electrons. The lowest BCUT2D eigenvalue weighted by Gasteiger charge is -2.02. The number of hydrogen-bond donors (Lipinski definition) is 1. The van der Waals surface area contributed by atoms with Crippen LogP contribution in [0.2, 0.25) is 0 Å². The maximum absolute atomic E-state index is 13.7. The number of fused-ring (bicyclic) bond motifs is 3. The highest BCUT2D eigenvalue weighted by Crippen LogP contribution is 2.27. The first-order valence-electron chi connectivity index (χ1n) is 6.26. The highest BCUT2D eigenvalue weighted by molar-refractivity contribution is 6.05. The number of H-pyrrole nitrogens is 1. The zero-order valence-electron chi connectivity index (χ0n) is 10.6. The number of hydrogen-bond acceptors (Lipinski definition) is 3. The van der Waals surface area contributed by atoms with E-state index in [1.54, 1.807) is 18.5 Å². The van der Waals surface area contributed by atoms with Crippen LogP contribution in [0.25, 0.3) is 33.2 Å². The SMILES string of the molecule is Fc1cnc([18F])c(-c2ccc3c(n2)[nH]c2ccncc23)c1. The monoisotopic (exact) mass is 281 g/mol. The predicted molar refractivity (Wildman–Crippen MR) is 74.5 cm³/mol. The Hall–Kier alpha value is -2.89. The molecule has 0 atom stereocenters. The zero-order valence-corrected chi connectivity index (χ0v) is 10.6. The van der Waals surface area contributed by atoms with Crippen LogP contribution in [0.5, 0.6) is 0 Å². The van der Waals surface area contributed by atoms with E-state index in [9.17, 15) is 8.78 Å². The van der Waals surface area contributed by atoms with Gasteiger partial charge in [0, 0.05) is 23.2 Å². The molecule has 4 aromatic heterocycles. The van der Waals surface area contributed by atoms with E-state index in [2.05, 4.69) is 19.9 Å². The summed E-state index contributed by atoms with van der Waals surface area (Å²) in [7, 11) is 0. The average molecular weight is 281 g/mol. The van der Waals surface area contributed by atoms with Gasteiger partial charge in [0.15, 0.2) is 0 Å². The van der Waals surface area contributed by atoms with Gasteiger partial charge in [0.05, 0.1) is 23.0 Å². The van der Waals surface area contributed by atoms with Crippen LogP contribution in [-0.4, -0.2) is 19.9 Å². The normalized spacial score (nSPS) is 11.3. The molecular formula is C15H8F2N4. The number of aromatic amines is 1. The molecule has 0 fully saturated rings. The van der Waals surface area contributed by atoms with E-state index >= 15 is 0 Å². The molecule has 4 heterocycles. The molecule has 0 aromatic carbocycles. The van der Waals surface area contributed by atoms with E-state index in [0.29, 0.717) is 11.3 Å². The highest BCUT2D eigenvalue weighted by Gasteiger charge is 2.12. The Bertz CT molecular complexity index is 978. The summed E-state index contributed by atoms with van der Waals surface area (Å²) >= 11 is 0. The number of aromatic nitrogens is 4. The summed E-state index contributed by atoms with van der Waals surface area (Å²) in [5.41, 5.74) is 1.85. The Morgan fingerprint density at radius 3 is 2.81 bits per heavy atom. The molecule has 0 aliphatic rings. The number of halogens is 2. The molecule has 0 amide bonds. The van der Waals surface area contributed by atoms with Crippen LogP contribution in [0.4, 0.5) is 8.78 Å². The molecule has 0 saturated carbocycles. The van der Waals surface area contributed by atoms with Crippen molar-refractivity contribution in [3.63, 3.8) is 0 Å². The van der Waals surface area contributed by atoms with Crippen LogP contribution in [-0.2, 0) is 0 Å². The van der Waals surface area contributed by atoms with Crippen LogP contribution in [0.15, 0.2) is 42.9 Å². The quantitative estimate of drug-likeness (QED) is 0.544. The molecule has 4 nitrogen and oxygen atoms in total. The Morgan fingerprint density at radius 2 is 1.90 bits per heavy atom. The van der Waals surface area contributed by atoms with E-state index in [1.165, 1.54) is 0 Å². The molecule has 0 aliphatic heterocycles. The molecular weight excluding hydrogens is 273 g/mol. The second kappa shape index (κ2) is 4.31. The minimum atomic E-state index is -0.749. The topological polar surface area (TPSA) is 54.5 Å². The van der Waals surface area contributed by atoms with Gasteiger partial charge in [0.1, 0.15) is 11.5 Å². The second-order valence-corrected chi connectivity index (χ2v) is 4.63. The van der Waals surface area contributed by atoms with E-state index in [0.717, 1.165) is 28.6 Å². The van der Waals surface area contributed by atoms with Crippen LogP contribution in [0, 0.1) is 11.8 Å². The first-order chi connectivity index (χ1) is 10.2.